The first kappa shape index (κ1) is 68.5. The third-order valence-electron chi connectivity index (χ3n) is 17.3. The monoisotopic (exact) mass is 1960 g/mol. The van der Waals surface area contributed by atoms with Crippen LogP contribution in [0.25, 0.3) is 133 Å². The van der Waals surface area contributed by atoms with Crippen LogP contribution in [0.1, 0.15) is 163 Å². The molecule has 8 heterocycles. The summed E-state index contributed by atoms with van der Waals surface area (Å²) < 4.78 is 228. The summed E-state index contributed by atoms with van der Waals surface area (Å²) in [5.74, 6) is 0. The van der Waals surface area contributed by atoms with Crippen LogP contribution in [0.4, 0.5) is 13.2 Å². The van der Waals surface area contributed by atoms with Crippen molar-refractivity contribution in [3.8, 4) is 45.0 Å². The molecule has 0 bridgehead atoms. The molecule has 8 aromatic carbocycles. The van der Waals surface area contributed by atoms with E-state index in [1.54, 1.807) is 75.8 Å². The van der Waals surface area contributed by atoms with Gasteiger partial charge in [-0.1, -0.05) is 191 Å². The van der Waals surface area contributed by atoms with Gasteiger partial charge in [0.25, 0.3) is 0 Å². The number of aryl methyl sites for hydroxylation is 6. The molecule has 0 fully saturated rings. The van der Waals surface area contributed by atoms with Gasteiger partial charge in [-0.3, -0.25) is 4.98 Å². The topological polar surface area (TPSA) is 202 Å². The number of alkyl halides is 3. The minimum atomic E-state index is -6.09. The van der Waals surface area contributed by atoms with E-state index in [0.29, 0.717) is 90.5 Å². The van der Waals surface area contributed by atoms with Crippen molar-refractivity contribution < 1.29 is 119 Å². The summed E-state index contributed by atoms with van der Waals surface area (Å²) in [6.07, 6.45) is 1.82. The molecular formula is C97H101F3Ir2N4O9S-4. The number of halogens is 3. The third kappa shape index (κ3) is 22.8. The molecule has 116 heavy (non-hydrogen) atoms. The molecule has 2 radical (unpaired) electrons. The number of rotatable bonds is 8. The SMILES string of the molecule is CO.CO.O=S(=O)([O-])C(F)(F)F.[2H]C([2H])([2H])c1c[c-]c(-c2cc(C)c(C([2H])([2H])C(C)(C)C)cn2)cc1.[2H]C([2H])([2H])c1c[c-]c(-c2cc(C)c(C([2H])([2H])C(C)(C)C)cn2)cc1.[2H]C([2H])([2H])c1cc(-c2[c-]ccc3c2oc2cc4oc5ccccc5c4cc23)ncc1CC(C)(C)C.[2H]C([2H])([2H])c1cnc(-c2cccc3c2oc2cc4oc5ccccc5c4cc23)cc1C([2H])([2H])C(C)(C)C.[Ir].[Ir]. The fourth-order valence-electron chi connectivity index (χ4n) is 12.5. The summed E-state index contributed by atoms with van der Waals surface area (Å²) in [5.41, 5.74) is 7.42. The number of aliphatic hydroxyl groups is 2. The van der Waals surface area contributed by atoms with Gasteiger partial charge in [-0.05, 0) is 156 Å². The van der Waals surface area contributed by atoms with Crippen LogP contribution >= 0.6 is 0 Å². The maximum atomic E-state index is 10.7. The molecule has 0 aliphatic rings. The Balaban J connectivity index is 0.000000213. The molecule has 0 aliphatic heterocycles. The maximum absolute atomic E-state index is 10.7. The van der Waals surface area contributed by atoms with E-state index in [1.165, 1.54) is 18.3 Å². The second kappa shape index (κ2) is 37.8. The zero-order chi connectivity index (χ0) is 98.5. The zero-order valence-electron chi connectivity index (χ0n) is 84.9. The number of furan rings is 4. The maximum Gasteiger partial charge on any atom is 0.485 e. The van der Waals surface area contributed by atoms with Crippen LogP contribution in [0, 0.1) is 81.1 Å². The standard InChI is InChI=1S/C29H25NO2.C29H24NO2.2C18H22N.CHF3O3S.2CH4O.2Ir/c1-17-16-30-24(12-18(17)15-29(2,3)4)21-10-7-9-20-23-13-22-19-8-5-6-11-25(19)31-26(22)14-27(23)32-28(20)21;1-17-12-24(30-16-18(17)15-29(2,3)4)21-10-7-9-20-23-13-22-19-8-5-6-11-25(19)31-26(22)14-27(23)32-28(20)21;2*1-13-6-8-15(9-7-13)17-10-14(2)16(12-19-17)11-18(3,4)5;2-1(3,4)8(5,6)7;2*1-2;;/h5-14,16H,15H2,1-4H3;5-9,11-14,16H,15H2,1-4H3;2*6-8,10,12H,11H2,1-5H3;(H,5,6,7);2*2H,1H3;;/q;3*-1;;;;;/p-1/i1D3,15D2;1D3;2*1D3,11D2;;;;;. The van der Waals surface area contributed by atoms with E-state index in [2.05, 4.69) is 71.0 Å². The summed E-state index contributed by atoms with van der Waals surface area (Å²) in [5, 5.41) is 21.8. The number of fused-ring (bicyclic) bond motifs is 12. The van der Waals surface area contributed by atoms with Crippen molar-refractivity contribution in [3.05, 3.63) is 262 Å². The number of hydrogen-bond acceptors (Lipinski definition) is 13. The molecule has 16 aromatic rings. The summed E-state index contributed by atoms with van der Waals surface area (Å²) in [6, 6.07) is 58.8. The molecule has 13 nitrogen and oxygen atoms in total. The molecular weight excluding hydrogens is 1840 g/mol. The molecule has 8 aromatic heterocycles. The Morgan fingerprint density at radius 1 is 0.414 bits per heavy atom. The van der Waals surface area contributed by atoms with E-state index in [0.717, 1.165) is 96.3 Å². The van der Waals surface area contributed by atoms with Gasteiger partial charge in [0.2, 0.25) is 0 Å². The van der Waals surface area contributed by atoms with Crippen LogP contribution in [0.2, 0.25) is 0 Å². The van der Waals surface area contributed by atoms with Gasteiger partial charge in [0.1, 0.15) is 39.1 Å². The van der Waals surface area contributed by atoms with Gasteiger partial charge in [-0.15, -0.1) is 89.0 Å². The normalized spacial score (nSPS) is 14.9. The molecule has 0 saturated heterocycles. The van der Waals surface area contributed by atoms with Crippen LogP contribution in [0.3, 0.4) is 0 Å². The largest absolute Gasteiger partial charge is 0.741 e. The second-order valence-corrected chi connectivity index (χ2v) is 32.6. The van der Waals surface area contributed by atoms with E-state index in [9.17, 15) is 13.2 Å². The number of aliphatic hydroxyl groups excluding tert-OH is 2. The summed E-state index contributed by atoms with van der Waals surface area (Å²) in [4.78, 5) is 17.9. The van der Waals surface area contributed by atoms with Crippen molar-refractivity contribution in [3.63, 3.8) is 0 Å². The van der Waals surface area contributed by atoms with Crippen LogP contribution in [0.15, 0.2) is 206 Å². The first-order valence-corrected chi connectivity index (χ1v) is 37.7. The first-order valence-electron chi connectivity index (χ1n) is 45.2. The Hall–Kier alpha value is -9.52. The quantitative estimate of drug-likeness (QED) is 0.0827. The van der Waals surface area contributed by atoms with E-state index in [4.69, 9.17) is 65.5 Å². The van der Waals surface area contributed by atoms with Crippen molar-refractivity contribution in [2.75, 3.05) is 14.2 Å². The van der Waals surface area contributed by atoms with Gasteiger partial charge < -0.3 is 47.4 Å². The first-order chi connectivity index (χ1) is 60.9. The number of pyridine rings is 4. The molecule has 16 rings (SSSR count). The van der Waals surface area contributed by atoms with Crippen molar-refractivity contribution in [1.82, 2.24) is 19.9 Å². The molecule has 0 atom stereocenters. The third-order valence-corrected chi connectivity index (χ3v) is 17.8. The molecule has 0 saturated carbocycles. The van der Waals surface area contributed by atoms with E-state index in [-0.39, 0.29) is 67.9 Å². The number of benzene rings is 8. The molecule has 19 heteroatoms. The average Bonchev–Trinajstić information content (AvgIpc) is 1.56. The van der Waals surface area contributed by atoms with E-state index < -0.39 is 78.4 Å². The van der Waals surface area contributed by atoms with Gasteiger partial charge in [0, 0.05) is 159 Å². The van der Waals surface area contributed by atoms with Crippen molar-refractivity contribution in [2.24, 2.45) is 21.7 Å². The molecule has 612 valence electrons. The Labute approximate surface area is 731 Å². The van der Waals surface area contributed by atoms with Gasteiger partial charge in [0.05, 0.1) is 11.3 Å². The molecule has 0 spiro atoms. The number of nitrogens with zero attached hydrogens (tertiary/aromatic N) is 4. The minimum absolute atomic E-state index is 0. The van der Waals surface area contributed by atoms with Crippen molar-refractivity contribution in [1.29, 1.82) is 0 Å². The van der Waals surface area contributed by atoms with Gasteiger partial charge in [0.15, 0.2) is 10.1 Å². The van der Waals surface area contributed by atoms with Crippen molar-refractivity contribution in [2.45, 2.75) is 155 Å². The summed E-state index contributed by atoms with van der Waals surface area (Å²) >= 11 is 0. The predicted octanol–water partition coefficient (Wildman–Crippen LogP) is 25.5. The van der Waals surface area contributed by atoms with E-state index in [1.807, 2.05) is 159 Å². The number of aromatic nitrogens is 4. The van der Waals surface area contributed by atoms with Crippen molar-refractivity contribution >= 4 is 97.9 Å². The minimum Gasteiger partial charge on any atom is -0.741 e. The summed E-state index contributed by atoms with van der Waals surface area (Å²) in [6.45, 7) is 17.4. The summed E-state index contributed by atoms with van der Waals surface area (Å²) in [7, 11) is -4.09. The van der Waals surface area contributed by atoms with Gasteiger partial charge in [-0.25, -0.2) is 8.42 Å². The Morgan fingerprint density at radius 3 is 1.27 bits per heavy atom. The molecule has 0 amide bonds. The fraction of sp³-hybridized carbons (Fsp3) is 0.299. The number of hydrogen-bond donors (Lipinski definition) is 2. The number of para-hydroxylation sites is 3. The Kier molecular flexibility index (Phi) is 22.3. The Morgan fingerprint density at radius 2 is 0.828 bits per heavy atom. The molecule has 2 N–H and O–H groups in total. The van der Waals surface area contributed by atoms with Crippen LogP contribution < -0.4 is 0 Å². The Bertz CT molecular complexity index is 6880. The smallest absolute Gasteiger partial charge is 0.485 e. The molecule has 0 unspecified atom stereocenters. The van der Waals surface area contributed by atoms with Crippen LogP contribution in [0.5, 0.6) is 0 Å². The van der Waals surface area contributed by atoms with E-state index >= 15 is 0 Å². The molecule has 0 aliphatic carbocycles. The zero-order valence-corrected chi connectivity index (χ0v) is 72.5. The predicted molar refractivity (Wildman–Crippen MR) is 457 cm³/mol. The van der Waals surface area contributed by atoms with Gasteiger partial charge in [-0.2, -0.15) is 13.2 Å². The average molecular weight is 1960 g/mol. The van der Waals surface area contributed by atoms with Crippen LogP contribution in [-0.2, 0) is 75.9 Å². The second-order valence-electron chi connectivity index (χ2n) is 31.2. The fourth-order valence-corrected chi connectivity index (χ4v) is 12.5. The van der Waals surface area contributed by atoms with Gasteiger partial charge >= 0.3 is 5.51 Å². The van der Waals surface area contributed by atoms with Crippen LogP contribution in [-0.4, -0.2) is 62.8 Å².